The third-order valence-corrected chi connectivity index (χ3v) is 13.3. The smallest absolute Gasteiger partial charge is 0.238 e. The standard InChI is InChI=1S/C57H42N4O/c1-56(2)46-24-12-9-20-42(46)51-47(56)25-15-26-48(51)61(38-31-28-36(29-32-38)35-16-6-5-7-17-35)55-59-53(37-30-33-50-44(34-37)40-19-10-13-27-49(40)62-50)58-54(60-55)43-22-14-21-41-39-18-8-11-23-45(39)57(3,4)52(41)43/h5-34H,1-4H3. The normalized spacial score (nSPS) is 14.1. The monoisotopic (exact) mass is 798 g/mol. The molecule has 2 aliphatic rings. The molecule has 0 saturated carbocycles. The van der Waals surface area contributed by atoms with Gasteiger partial charge in [-0.1, -0.05) is 167 Å². The van der Waals surface area contributed by atoms with Gasteiger partial charge >= 0.3 is 0 Å². The number of hydrogen-bond acceptors (Lipinski definition) is 5. The van der Waals surface area contributed by atoms with Crippen molar-refractivity contribution in [3.05, 3.63) is 204 Å². The van der Waals surface area contributed by atoms with Crippen LogP contribution in [0.4, 0.5) is 17.3 Å². The van der Waals surface area contributed by atoms with Crippen LogP contribution in [-0.2, 0) is 10.8 Å². The zero-order chi connectivity index (χ0) is 41.7. The van der Waals surface area contributed by atoms with Crippen molar-refractivity contribution < 1.29 is 4.42 Å². The highest BCUT2D eigenvalue weighted by Crippen LogP contribution is 2.55. The SMILES string of the molecule is CC1(C)c2ccccc2-c2c(N(c3ccc(-c4ccccc4)cc3)c3nc(-c4ccc5oc6ccccc6c5c4)nc(-c4cccc5c4C(C)(C)c4ccccc4-5)n3)cccc21. The predicted octanol–water partition coefficient (Wildman–Crippen LogP) is 14.9. The highest BCUT2D eigenvalue weighted by molar-refractivity contribution is 6.06. The molecular formula is C57H42N4O. The van der Waals surface area contributed by atoms with E-state index in [4.69, 9.17) is 19.4 Å². The summed E-state index contributed by atoms with van der Waals surface area (Å²) in [7, 11) is 0. The minimum atomic E-state index is -0.285. The van der Waals surface area contributed by atoms with E-state index in [0.29, 0.717) is 17.6 Å². The van der Waals surface area contributed by atoms with Gasteiger partial charge in [0.05, 0.1) is 5.69 Å². The zero-order valence-corrected chi connectivity index (χ0v) is 35.0. The summed E-state index contributed by atoms with van der Waals surface area (Å²) in [6.07, 6.45) is 0. The lowest BCUT2D eigenvalue weighted by Gasteiger charge is -2.28. The van der Waals surface area contributed by atoms with Gasteiger partial charge in [0.15, 0.2) is 11.6 Å². The van der Waals surface area contributed by atoms with E-state index in [9.17, 15) is 0 Å². The number of para-hydroxylation sites is 1. The van der Waals surface area contributed by atoms with Gasteiger partial charge < -0.3 is 4.42 Å². The van der Waals surface area contributed by atoms with Crippen molar-refractivity contribution in [2.75, 3.05) is 4.90 Å². The highest BCUT2D eigenvalue weighted by Gasteiger charge is 2.40. The summed E-state index contributed by atoms with van der Waals surface area (Å²) < 4.78 is 6.29. The van der Waals surface area contributed by atoms with Gasteiger partial charge in [0, 0.05) is 44.0 Å². The van der Waals surface area contributed by atoms with E-state index in [1.54, 1.807) is 0 Å². The lowest BCUT2D eigenvalue weighted by atomic mass is 9.80. The van der Waals surface area contributed by atoms with E-state index in [1.165, 1.54) is 44.5 Å². The number of anilines is 3. The molecule has 0 spiro atoms. The molecule has 0 bridgehead atoms. The van der Waals surface area contributed by atoms with Crippen molar-refractivity contribution in [3.8, 4) is 56.2 Å². The van der Waals surface area contributed by atoms with Crippen LogP contribution in [0.15, 0.2) is 186 Å². The molecule has 5 heteroatoms. The number of aromatic nitrogens is 3. The van der Waals surface area contributed by atoms with E-state index in [2.05, 4.69) is 196 Å². The number of hydrogen-bond donors (Lipinski definition) is 0. The van der Waals surface area contributed by atoms with Crippen molar-refractivity contribution in [1.82, 2.24) is 15.0 Å². The summed E-state index contributed by atoms with van der Waals surface area (Å²) in [6.45, 7) is 9.28. The van der Waals surface area contributed by atoms with Crippen molar-refractivity contribution in [2.24, 2.45) is 0 Å². The maximum Gasteiger partial charge on any atom is 0.238 e. The van der Waals surface area contributed by atoms with Crippen LogP contribution in [0.3, 0.4) is 0 Å². The van der Waals surface area contributed by atoms with Gasteiger partial charge in [-0.3, -0.25) is 4.90 Å². The van der Waals surface area contributed by atoms with Crippen molar-refractivity contribution in [1.29, 1.82) is 0 Å². The molecule has 296 valence electrons. The Morgan fingerprint density at radius 2 is 1.02 bits per heavy atom. The van der Waals surface area contributed by atoms with Crippen LogP contribution in [-0.4, -0.2) is 15.0 Å². The molecule has 0 amide bonds. The van der Waals surface area contributed by atoms with E-state index in [-0.39, 0.29) is 10.8 Å². The molecule has 5 nitrogen and oxygen atoms in total. The molecule has 12 rings (SSSR count). The molecule has 10 aromatic rings. The van der Waals surface area contributed by atoms with Crippen molar-refractivity contribution >= 4 is 39.3 Å². The van der Waals surface area contributed by atoms with Gasteiger partial charge in [-0.25, -0.2) is 4.98 Å². The number of furan rings is 1. The van der Waals surface area contributed by atoms with Crippen LogP contribution in [0.5, 0.6) is 0 Å². The molecule has 0 atom stereocenters. The third kappa shape index (κ3) is 5.37. The predicted molar refractivity (Wildman–Crippen MR) is 253 cm³/mol. The number of nitrogens with zero attached hydrogens (tertiary/aromatic N) is 4. The summed E-state index contributed by atoms with van der Waals surface area (Å²) in [5.41, 5.74) is 17.3. The average Bonchev–Trinajstić information content (AvgIpc) is 3.89. The van der Waals surface area contributed by atoms with E-state index >= 15 is 0 Å². The molecule has 62 heavy (non-hydrogen) atoms. The van der Waals surface area contributed by atoms with Crippen LogP contribution in [0.2, 0.25) is 0 Å². The van der Waals surface area contributed by atoms with Gasteiger partial charge in [0.1, 0.15) is 11.2 Å². The summed E-state index contributed by atoms with van der Waals surface area (Å²) in [5.74, 6) is 1.75. The fourth-order valence-electron chi connectivity index (χ4n) is 10.3. The molecule has 0 unspecified atom stereocenters. The van der Waals surface area contributed by atoms with Crippen molar-refractivity contribution in [3.63, 3.8) is 0 Å². The summed E-state index contributed by atoms with van der Waals surface area (Å²) in [6, 6.07) is 64.6. The molecule has 0 radical (unpaired) electrons. The summed E-state index contributed by atoms with van der Waals surface area (Å²) in [4.78, 5) is 18.7. The van der Waals surface area contributed by atoms with Crippen LogP contribution in [0.25, 0.3) is 78.1 Å². The van der Waals surface area contributed by atoms with E-state index in [0.717, 1.165) is 55.6 Å². The molecule has 8 aromatic carbocycles. The lowest BCUT2D eigenvalue weighted by molar-refractivity contribution is 0.660. The summed E-state index contributed by atoms with van der Waals surface area (Å²) in [5, 5.41) is 2.08. The number of benzene rings is 8. The Kier molecular flexibility index (Phi) is 7.85. The topological polar surface area (TPSA) is 55.1 Å². The van der Waals surface area contributed by atoms with Gasteiger partial charge in [0.25, 0.3) is 0 Å². The molecule has 0 N–H and O–H groups in total. The Morgan fingerprint density at radius 3 is 1.84 bits per heavy atom. The summed E-state index contributed by atoms with van der Waals surface area (Å²) >= 11 is 0. The lowest BCUT2D eigenvalue weighted by Crippen LogP contribution is -2.19. The second-order valence-corrected chi connectivity index (χ2v) is 17.6. The average molecular weight is 799 g/mol. The largest absolute Gasteiger partial charge is 0.456 e. The molecule has 2 aromatic heterocycles. The maximum absolute atomic E-state index is 6.29. The van der Waals surface area contributed by atoms with E-state index < -0.39 is 0 Å². The van der Waals surface area contributed by atoms with Crippen LogP contribution in [0, 0.1) is 0 Å². The van der Waals surface area contributed by atoms with Crippen LogP contribution in [0.1, 0.15) is 49.9 Å². The first-order valence-electron chi connectivity index (χ1n) is 21.4. The van der Waals surface area contributed by atoms with Gasteiger partial charge in [-0.2, -0.15) is 9.97 Å². The Labute approximate surface area is 361 Å². The van der Waals surface area contributed by atoms with Crippen molar-refractivity contribution in [2.45, 2.75) is 38.5 Å². The maximum atomic E-state index is 6.29. The van der Waals surface area contributed by atoms with Crippen LogP contribution >= 0.6 is 0 Å². The fourth-order valence-corrected chi connectivity index (χ4v) is 10.3. The molecule has 0 aliphatic heterocycles. The number of fused-ring (bicyclic) bond motifs is 9. The Hall–Kier alpha value is -7.63. The molecule has 0 fully saturated rings. The Morgan fingerprint density at radius 1 is 0.419 bits per heavy atom. The zero-order valence-electron chi connectivity index (χ0n) is 35.0. The first-order valence-corrected chi connectivity index (χ1v) is 21.4. The van der Waals surface area contributed by atoms with Gasteiger partial charge in [-0.15, -0.1) is 0 Å². The first-order chi connectivity index (χ1) is 30.3. The van der Waals surface area contributed by atoms with E-state index in [1.807, 2.05) is 18.2 Å². The molecule has 2 aliphatic carbocycles. The first kappa shape index (κ1) is 36.2. The van der Waals surface area contributed by atoms with Gasteiger partial charge in [0.2, 0.25) is 5.95 Å². The minimum Gasteiger partial charge on any atom is -0.456 e. The molecule has 2 heterocycles. The third-order valence-electron chi connectivity index (χ3n) is 13.3. The fraction of sp³-hybridized carbons (Fsp3) is 0.105. The van der Waals surface area contributed by atoms with Crippen LogP contribution < -0.4 is 4.90 Å². The minimum absolute atomic E-state index is 0.200. The Bertz CT molecular complexity index is 3420. The quantitative estimate of drug-likeness (QED) is 0.168. The number of rotatable bonds is 6. The molecular weight excluding hydrogens is 757 g/mol. The Balaban J connectivity index is 1.14. The van der Waals surface area contributed by atoms with Gasteiger partial charge in [-0.05, 0) is 92.5 Å². The second kappa shape index (κ2) is 13.4. The molecule has 0 saturated heterocycles. The second-order valence-electron chi connectivity index (χ2n) is 17.6. The highest BCUT2D eigenvalue weighted by atomic mass is 16.3.